The highest BCUT2D eigenvalue weighted by Crippen LogP contribution is 2.46. The molecule has 0 radical (unpaired) electrons. The molecule has 3 rings (SSSR count). The zero-order valence-electron chi connectivity index (χ0n) is 17.1. The van der Waals surface area contributed by atoms with E-state index in [0.717, 1.165) is 54.9 Å². The van der Waals surface area contributed by atoms with Gasteiger partial charge in [-0.05, 0) is 68.0 Å². The van der Waals surface area contributed by atoms with E-state index in [2.05, 4.69) is 21.1 Å². The molecule has 2 aromatic rings. The highest BCUT2D eigenvalue weighted by atomic mass is 32.2. The number of hydrogen-bond donors (Lipinski definition) is 2. The van der Waals surface area contributed by atoms with Gasteiger partial charge < -0.3 is 5.32 Å². The van der Waals surface area contributed by atoms with Crippen molar-refractivity contribution in [1.82, 2.24) is 15.0 Å². The normalized spacial score (nSPS) is 21.9. The summed E-state index contributed by atoms with van der Waals surface area (Å²) < 4.78 is 40.9. The van der Waals surface area contributed by atoms with Crippen LogP contribution in [0, 0.1) is 11.7 Å². The first kappa shape index (κ1) is 22.8. The summed E-state index contributed by atoms with van der Waals surface area (Å²) in [6.45, 7) is 3.06. The first-order chi connectivity index (χ1) is 14.4. The number of sulfonamides is 1. The second-order valence-corrected chi connectivity index (χ2v) is 9.83. The SMILES string of the molecule is CCNC(=S)C1(c2cccnc2)CCCCC1CCNS(=O)(=O)c1ccc(F)cc1. The molecule has 162 valence electrons. The Bertz CT molecular complexity index is 952. The second-order valence-electron chi connectivity index (χ2n) is 7.66. The summed E-state index contributed by atoms with van der Waals surface area (Å²) >= 11 is 5.84. The molecule has 1 aromatic heterocycles. The summed E-state index contributed by atoms with van der Waals surface area (Å²) in [5, 5.41) is 3.35. The van der Waals surface area contributed by atoms with E-state index in [1.807, 2.05) is 19.2 Å². The van der Waals surface area contributed by atoms with Gasteiger partial charge in [0.2, 0.25) is 10.0 Å². The van der Waals surface area contributed by atoms with E-state index < -0.39 is 15.8 Å². The van der Waals surface area contributed by atoms with Gasteiger partial charge in [0.1, 0.15) is 5.82 Å². The Labute approximate surface area is 183 Å². The molecule has 1 heterocycles. The highest BCUT2D eigenvalue weighted by molar-refractivity contribution is 7.89. The minimum atomic E-state index is -3.69. The van der Waals surface area contributed by atoms with Crippen LogP contribution >= 0.6 is 12.2 Å². The van der Waals surface area contributed by atoms with Crippen molar-refractivity contribution in [1.29, 1.82) is 0 Å². The lowest BCUT2D eigenvalue weighted by molar-refractivity contribution is 0.238. The van der Waals surface area contributed by atoms with E-state index in [0.29, 0.717) is 13.0 Å². The van der Waals surface area contributed by atoms with E-state index in [4.69, 9.17) is 12.2 Å². The molecule has 1 aliphatic rings. The fourth-order valence-electron chi connectivity index (χ4n) is 4.46. The average molecular weight is 450 g/mol. The second kappa shape index (κ2) is 9.94. The molecule has 1 saturated carbocycles. The number of aromatic nitrogens is 1. The van der Waals surface area contributed by atoms with Crippen LogP contribution in [-0.2, 0) is 15.4 Å². The third-order valence-corrected chi connectivity index (χ3v) is 7.88. The molecule has 1 fully saturated rings. The van der Waals surface area contributed by atoms with Gasteiger partial charge in [-0.2, -0.15) is 0 Å². The zero-order chi connectivity index (χ0) is 21.6. The average Bonchev–Trinajstić information content (AvgIpc) is 2.75. The number of nitrogens with one attached hydrogen (secondary N) is 2. The van der Waals surface area contributed by atoms with Gasteiger partial charge in [0, 0.05) is 30.9 Å². The Hall–Kier alpha value is -1.90. The van der Waals surface area contributed by atoms with E-state index >= 15 is 0 Å². The minimum absolute atomic E-state index is 0.0641. The third-order valence-electron chi connectivity index (χ3n) is 5.90. The van der Waals surface area contributed by atoms with Crippen molar-refractivity contribution in [3.05, 3.63) is 60.2 Å². The van der Waals surface area contributed by atoms with Gasteiger partial charge in [0.05, 0.1) is 9.88 Å². The van der Waals surface area contributed by atoms with Crippen molar-refractivity contribution in [2.24, 2.45) is 5.92 Å². The molecular weight excluding hydrogens is 421 g/mol. The Morgan fingerprint density at radius 2 is 2.03 bits per heavy atom. The molecule has 8 heteroatoms. The maximum absolute atomic E-state index is 13.1. The Morgan fingerprint density at radius 1 is 1.27 bits per heavy atom. The van der Waals surface area contributed by atoms with E-state index in [-0.39, 0.29) is 16.2 Å². The van der Waals surface area contributed by atoms with Crippen molar-refractivity contribution < 1.29 is 12.8 Å². The van der Waals surface area contributed by atoms with Gasteiger partial charge in [-0.15, -0.1) is 0 Å². The fraction of sp³-hybridized carbons (Fsp3) is 0.455. The molecule has 2 unspecified atom stereocenters. The molecule has 0 amide bonds. The Morgan fingerprint density at radius 3 is 2.70 bits per heavy atom. The van der Waals surface area contributed by atoms with Crippen LogP contribution in [0.25, 0.3) is 0 Å². The molecule has 2 atom stereocenters. The maximum atomic E-state index is 13.1. The van der Waals surface area contributed by atoms with Crippen LogP contribution in [0.4, 0.5) is 4.39 Å². The number of pyridine rings is 1. The van der Waals surface area contributed by atoms with Crippen LogP contribution in [-0.4, -0.2) is 31.5 Å². The van der Waals surface area contributed by atoms with Crippen LogP contribution in [0.5, 0.6) is 0 Å². The predicted octanol–water partition coefficient (Wildman–Crippen LogP) is 3.95. The molecule has 0 bridgehead atoms. The molecule has 0 spiro atoms. The van der Waals surface area contributed by atoms with Crippen molar-refractivity contribution >= 4 is 27.2 Å². The van der Waals surface area contributed by atoms with Crippen LogP contribution in [0.1, 0.15) is 44.6 Å². The first-order valence-electron chi connectivity index (χ1n) is 10.3. The van der Waals surface area contributed by atoms with Gasteiger partial charge in [-0.1, -0.05) is 31.1 Å². The van der Waals surface area contributed by atoms with Crippen molar-refractivity contribution in [2.75, 3.05) is 13.1 Å². The first-order valence-corrected chi connectivity index (χ1v) is 12.2. The number of likely N-dealkylation sites (N-methyl/N-ethyl adjacent to an activating group) is 1. The lowest BCUT2D eigenvalue weighted by Gasteiger charge is -2.45. The lowest BCUT2D eigenvalue weighted by Crippen LogP contribution is -2.51. The summed E-state index contributed by atoms with van der Waals surface area (Å²) in [6, 6.07) is 8.85. The predicted molar refractivity (Wildman–Crippen MR) is 120 cm³/mol. The summed E-state index contributed by atoms with van der Waals surface area (Å²) in [7, 11) is -3.69. The fourth-order valence-corrected chi connectivity index (χ4v) is 6.03. The van der Waals surface area contributed by atoms with Crippen LogP contribution in [0.15, 0.2) is 53.7 Å². The van der Waals surface area contributed by atoms with E-state index in [9.17, 15) is 12.8 Å². The van der Waals surface area contributed by atoms with Crippen molar-refractivity contribution in [3.63, 3.8) is 0 Å². The van der Waals surface area contributed by atoms with Gasteiger partial charge in [0.15, 0.2) is 0 Å². The monoisotopic (exact) mass is 449 g/mol. The number of thiocarbonyl (C=S) groups is 1. The van der Waals surface area contributed by atoms with Crippen molar-refractivity contribution in [3.8, 4) is 0 Å². The number of benzene rings is 1. The molecule has 2 N–H and O–H groups in total. The van der Waals surface area contributed by atoms with E-state index in [1.54, 1.807) is 6.20 Å². The highest BCUT2D eigenvalue weighted by Gasteiger charge is 2.45. The number of nitrogens with zero attached hydrogens (tertiary/aromatic N) is 1. The number of rotatable bonds is 8. The minimum Gasteiger partial charge on any atom is -0.379 e. The summed E-state index contributed by atoms with van der Waals surface area (Å²) in [5.74, 6) is -0.271. The van der Waals surface area contributed by atoms with E-state index in [1.165, 1.54) is 12.1 Å². The molecule has 1 aromatic carbocycles. The largest absolute Gasteiger partial charge is 0.379 e. The molecule has 5 nitrogen and oxygen atoms in total. The summed E-state index contributed by atoms with van der Waals surface area (Å²) in [6.07, 6.45) is 8.33. The molecule has 0 aliphatic heterocycles. The summed E-state index contributed by atoms with van der Waals surface area (Å²) in [5.41, 5.74) is 0.737. The van der Waals surface area contributed by atoms with Crippen LogP contribution in [0.3, 0.4) is 0 Å². The molecule has 1 aliphatic carbocycles. The quantitative estimate of drug-likeness (QED) is 0.597. The summed E-state index contributed by atoms with van der Waals surface area (Å²) in [4.78, 5) is 5.19. The number of hydrogen-bond acceptors (Lipinski definition) is 4. The Kier molecular flexibility index (Phi) is 7.55. The topological polar surface area (TPSA) is 71.1 Å². The van der Waals surface area contributed by atoms with Gasteiger partial charge in [-0.25, -0.2) is 17.5 Å². The zero-order valence-corrected chi connectivity index (χ0v) is 18.7. The Balaban J connectivity index is 1.80. The smallest absolute Gasteiger partial charge is 0.240 e. The van der Waals surface area contributed by atoms with Crippen molar-refractivity contribution in [2.45, 2.75) is 49.3 Å². The standard InChI is InChI=1S/C22H28FN3O2S2/c1-2-25-21(29)22(18-7-5-14-24-16-18)13-4-3-6-17(22)12-15-26-30(27,28)20-10-8-19(23)9-11-20/h5,7-11,14,16-17,26H,2-4,6,12-13,15H2,1H3,(H,25,29). The molecular formula is C22H28FN3O2S2. The van der Waals surface area contributed by atoms with Crippen LogP contribution in [0.2, 0.25) is 0 Å². The molecule has 30 heavy (non-hydrogen) atoms. The molecule has 0 saturated heterocycles. The third kappa shape index (κ3) is 4.87. The van der Waals surface area contributed by atoms with Gasteiger partial charge in [-0.3, -0.25) is 4.98 Å². The maximum Gasteiger partial charge on any atom is 0.240 e. The lowest BCUT2D eigenvalue weighted by atomic mass is 9.61. The number of halogens is 1. The van der Waals surface area contributed by atoms with Crippen LogP contribution < -0.4 is 10.0 Å². The van der Waals surface area contributed by atoms with Gasteiger partial charge in [0.25, 0.3) is 0 Å². The van der Waals surface area contributed by atoms with Gasteiger partial charge >= 0.3 is 0 Å².